The van der Waals surface area contributed by atoms with Crippen molar-refractivity contribution in [1.82, 2.24) is 10.2 Å². The van der Waals surface area contributed by atoms with Crippen molar-refractivity contribution in [2.75, 3.05) is 12.0 Å². The predicted molar refractivity (Wildman–Crippen MR) is 117 cm³/mol. The monoisotopic (exact) mass is 433 g/mol. The number of nitrogens with zero attached hydrogens (tertiary/aromatic N) is 3. The van der Waals surface area contributed by atoms with E-state index in [1.165, 1.54) is 18.4 Å². The van der Waals surface area contributed by atoms with E-state index in [0.717, 1.165) is 0 Å². The van der Waals surface area contributed by atoms with Gasteiger partial charge in [0.05, 0.1) is 18.7 Å². The molecule has 2 heterocycles. The van der Waals surface area contributed by atoms with Crippen LogP contribution in [0.4, 0.5) is 5.69 Å². The number of carbonyl (C=O) groups excluding carboxylic acids is 2. The summed E-state index contributed by atoms with van der Waals surface area (Å²) in [5, 5.41) is 18.4. The van der Waals surface area contributed by atoms with Gasteiger partial charge in [-0.15, -0.1) is 10.2 Å². The number of ether oxygens (including phenoxy) is 1. The van der Waals surface area contributed by atoms with Crippen molar-refractivity contribution >= 4 is 17.4 Å². The molecule has 4 rings (SSSR count). The molecule has 8 heteroatoms. The van der Waals surface area contributed by atoms with Gasteiger partial charge in [-0.25, -0.2) is 0 Å². The van der Waals surface area contributed by atoms with Crippen molar-refractivity contribution in [2.24, 2.45) is 5.41 Å². The van der Waals surface area contributed by atoms with Crippen LogP contribution in [0, 0.1) is 5.41 Å². The molecule has 0 fully saturated rings. The normalized spacial score (nSPS) is 16.6. The van der Waals surface area contributed by atoms with E-state index in [9.17, 15) is 14.7 Å². The van der Waals surface area contributed by atoms with Crippen molar-refractivity contribution in [3.8, 4) is 17.2 Å². The van der Waals surface area contributed by atoms with Gasteiger partial charge in [0.1, 0.15) is 5.75 Å². The van der Waals surface area contributed by atoms with E-state index in [0.29, 0.717) is 28.5 Å². The molecule has 1 atom stereocenters. The fraction of sp³-hybridized carbons (Fsp3) is 0.250. The number of ketones is 1. The summed E-state index contributed by atoms with van der Waals surface area (Å²) in [5.41, 5.74) is 1.02. The van der Waals surface area contributed by atoms with Crippen LogP contribution in [-0.4, -0.2) is 34.1 Å². The SMILES string of the molecule is COc1ccccc1C1C(C(=O)C(C)(C)C)=C(O)C(=O)N1c1ccc(-c2nnco2)cc1. The molecule has 2 aromatic carbocycles. The smallest absolute Gasteiger partial charge is 0.294 e. The number of amides is 1. The largest absolute Gasteiger partial charge is 0.503 e. The molecular weight excluding hydrogens is 410 g/mol. The van der Waals surface area contributed by atoms with E-state index in [2.05, 4.69) is 10.2 Å². The molecule has 0 saturated heterocycles. The molecule has 3 aromatic rings. The van der Waals surface area contributed by atoms with Gasteiger partial charge in [0.15, 0.2) is 11.5 Å². The third-order valence-corrected chi connectivity index (χ3v) is 5.32. The van der Waals surface area contributed by atoms with Gasteiger partial charge in [-0.3, -0.25) is 14.5 Å². The lowest BCUT2D eigenvalue weighted by Crippen LogP contribution is -2.33. The van der Waals surface area contributed by atoms with E-state index in [4.69, 9.17) is 9.15 Å². The Labute approximate surface area is 185 Å². The number of para-hydroxylation sites is 1. The molecule has 1 N–H and O–H groups in total. The van der Waals surface area contributed by atoms with Crippen LogP contribution < -0.4 is 9.64 Å². The zero-order valence-electron chi connectivity index (χ0n) is 18.2. The van der Waals surface area contributed by atoms with Crippen LogP contribution in [0.1, 0.15) is 32.4 Å². The fourth-order valence-corrected chi connectivity index (χ4v) is 3.76. The maximum atomic E-state index is 13.3. The molecule has 164 valence electrons. The number of methoxy groups -OCH3 is 1. The van der Waals surface area contributed by atoms with Crippen LogP contribution in [0.2, 0.25) is 0 Å². The second-order valence-electron chi connectivity index (χ2n) is 8.45. The number of rotatable bonds is 5. The van der Waals surface area contributed by atoms with E-state index < -0.39 is 23.1 Å². The quantitative estimate of drug-likeness (QED) is 0.641. The summed E-state index contributed by atoms with van der Waals surface area (Å²) in [6.07, 6.45) is 1.23. The summed E-state index contributed by atoms with van der Waals surface area (Å²) in [5.74, 6) is -0.674. The Hall–Kier alpha value is -3.94. The lowest BCUT2D eigenvalue weighted by molar-refractivity contribution is -0.123. The summed E-state index contributed by atoms with van der Waals surface area (Å²) in [6.45, 7) is 5.25. The first kappa shape index (κ1) is 21.3. The van der Waals surface area contributed by atoms with Crippen molar-refractivity contribution < 1.29 is 23.8 Å². The van der Waals surface area contributed by atoms with Crippen LogP contribution in [0.25, 0.3) is 11.5 Å². The molecule has 8 nitrogen and oxygen atoms in total. The van der Waals surface area contributed by atoms with Gasteiger partial charge in [-0.1, -0.05) is 39.0 Å². The highest BCUT2D eigenvalue weighted by Gasteiger charge is 2.47. The standard InChI is InChI=1S/C24H23N3O5/c1-24(2,3)21(29)18-19(16-7-5-6-8-17(16)31-4)27(23(30)20(18)28)15-11-9-14(10-12-15)22-26-25-13-32-22/h5-13,19,28H,1-4H3. The first-order valence-corrected chi connectivity index (χ1v) is 10.0. The maximum Gasteiger partial charge on any atom is 0.294 e. The molecule has 0 aliphatic carbocycles. The molecular formula is C24H23N3O5. The Morgan fingerprint density at radius 3 is 2.41 bits per heavy atom. The summed E-state index contributed by atoms with van der Waals surface area (Å²) in [6, 6.07) is 13.2. The van der Waals surface area contributed by atoms with Crippen molar-refractivity contribution in [3.63, 3.8) is 0 Å². The molecule has 1 aromatic heterocycles. The average Bonchev–Trinajstić information content (AvgIpc) is 3.40. The predicted octanol–water partition coefficient (Wildman–Crippen LogP) is 4.26. The van der Waals surface area contributed by atoms with Gasteiger partial charge in [-0.05, 0) is 30.3 Å². The van der Waals surface area contributed by atoms with Gasteiger partial charge >= 0.3 is 0 Å². The summed E-state index contributed by atoms with van der Waals surface area (Å²) in [7, 11) is 1.52. The van der Waals surface area contributed by atoms with E-state index in [-0.39, 0.29) is 11.4 Å². The third kappa shape index (κ3) is 3.53. The second-order valence-corrected chi connectivity index (χ2v) is 8.45. The summed E-state index contributed by atoms with van der Waals surface area (Å²) >= 11 is 0. The minimum Gasteiger partial charge on any atom is -0.503 e. The molecule has 32 heavy (non-hydrogen) atoms. The molecule has 0 saturated carbocycles. The number of hydrogen-bond acceptors (Lipinski definition) is 7. The molecule has 0 spiro atoms. The summed E-state index contributed by atoms with van der Waals surface area (Å²) < 4.78 is 10.7. The van der Waals surface area contributed by atoms with E-state index in [1.807, 2.05) is 0 Å². The van der Waals surface area contributed by atoms with Gasteiger partial charge in [-0.2, -0.15) is 0 Å². The van der Waals surface area contributed by atoms with Crippen molar-refractivity contribution in [3.05, 3.63) is 71.8 Å². The van der Waals surface area contributed by atoms with Crippen LogP contribution in [0.3, 0.4) is 0 Å². The molecule has 0 bridgehead atoms. The fourth-order valence-electron chi connectivity index (χ4n) is 3.76. The minimum atomic E-state index is -0.848. The van der Waals surface area contributed by atoms with E-state index >= 15 is 0 Å². The first-order chi connectivity index (χ1) is 15.2. The van der Waals surface area contributed by atoms with Gasteiger partial charge < -0.3 is 14.3 Å². The Balaban J connectivity index is 1.86. The Bertz CT molecular complexity index is 1190. The number of Topliss-reactive ketones (excluding diaryl/α,β-unsaturated/α-hetero) is 1. The summed E-state index contributed by atoms with van der Waals surface area (Å²) in [4.78, 5) is 28.0. The van der Waals surface area contributed by atoms with Gasteiger partial charge in [0, 0.05) is 22.2 Å². The highest BCUT2D eigenvalue weighted by molar-refractivity contribution is 6.17. The Morgan fingerprint density at radius 2 is 1.81 bits per heavy atom. The number of carbonyl (C=O) groups is 2. The number of anilines is 1. The van der Waals surface area contributed by atoms with Crippen LogP contribution in [0.15, 0.2) is 70.7 Å². The molecule has 1 amide bonds. The average molecular weight is 433 g/mol. The number of aromatic nitrogens is 2. The highest BCUT2D eigenvalue weighted by Crippen LogP contribution is 2.45. The van der Waals surface area contributed by atoms with Crippen LogP contribution >= 0.6 is 0 Å². The van der Waals surface area contributed by atoms with Crippen LogP contribution in [0.5, 0.6) is 5.75 Å². The Kier molecular flexibility index (Phi) is 5.30. The molecule has 0 radical (unpaired) electrons. The Morgan fingerprint density at radius 1 is 1.12 bits per heavy atom. The van der Waals surface area contributed by atoms with E-state index in [1.54, 1.807) is 69.3 Å². The second kappa shape index (κ2) is 7.96. The first-order valence-electron chi connectivity index (χ1n) is 10.0. The lowest BCUT2D eigenvalue weighted by Gasteiger charge is -2.29. The molecule has 1 aliphatic heterocycles. The van der Waals surface area contributed by atoms with Gasteiger partial charge in [0.2, 0.25) is 12.3 Å². The lowest BCUT2D eigenvalue weighted by atomic mass is 9.82. The highest BCUT2D eigenvalue weighted by atomic mass is 16.5. The zero-order valence-corrected chi connectivity index (χ0v) is 18.2. The number of benzene rings is 2. The van der Waals surface area contributed by atoms with Crippen LogP contribution in [-0.2, 0) is 9.59 Å². The molecule has 1 aliphatic rings. The number of aliphatic hydroxyl groups is 1. The number of aliphatic hydroxyl groups excluding tert-OH is 1. The van der Waals surface area contributed by atoms with Gasteiger partial charge in [0.25, 0.3) is 5.91 Å². The number of hydrogen-bond donors (Lipinski definition) is 1. The maximum absolute atomic E-state index is 13.3. The minimum absolute atomic E-state index is 0.0491. The topological polar surface area (TPSA) is 106 Å². The van der Waals surface area contributed by atoms with Crippen molar-refractivity contribution in [2.45, 2.75) is 26.8 Å². The van der Waals surface area contributed by atoms with Crippen molar-refractivity contribution in [1.29, 1.82) is 0 Å². The molecule has 1 unspecified atom stereocenters. The zero-order chi connectivity index (χ0) is 23.0. The third-order valence-electron chi connectivity index (χ3n) is 5.32.